The van der Waals surface area contributed by atoms with Gasteiger partial charge in [-0.15, -0.1) is 0 Å². The van der Waals surface area contributed by atoms with Crippen LogP contribution < -0.4 is 5.56 Å². The summed E-state index contributed by atoms with van der Waals surface area (Å²) in [4.78, 5) is 19.4. The van der Waals surface area contributed by atoms with E-state index in [1.807, 2.05) is 26.2 Å². The van der Waals surface area contributed by atoms with Crippen LogP contribution in [-0.2, 0) is 18.3 Å². The zero-order chi connectivity index (χ0) is 16.7. The van der Waals surface area contributed by atoms with Gasteiger partial charge >= 0.3 is 0 Å². The van der Waals surface area contributed by atoms with Gasteiger partial charge in [0.15, 0.2) is 0 Å². The average Bonchev–Trinajstić information content (AvgIpc) is 3.14. The van der Waals surface area contributed by atoms with Crippen molar-refractivity contribution in [1.29, 1.82) is 0 Å². The molecule has 0 aliphatic carbocycles. The Bertz CT molecular complexity index is 928. The Kier molecular flexibility index (Phi) is 3.95. The number of ether oxygens (including phenoxy) is 1. The van der Waals surface area contributed by atoms with Gasteiger partial charge in [0, 0.05) is 37.2 Å². The highest BCUT2D eigenvalue weighted by Gasteiger charge is 2.27. The molecule has 1 atom stereocenters. The first-order chi connectivity index (χ1) is 11.6. The predicted octanol–water partition coefficient (Wildman–Crippen LogP) is 1.37. The summed E-state index contributed by atoms with van der Waals surface area (Å²) in [5, 5.41) is 5.35. The summed E-state index contributed by atoms with van der Waals surface area (Å²) in [5.74, 6) is 0. The van der Waals surface area contributed by atoms with Gasteiger partial charge in [0.25, 0.3) is 5.56 Å². The first-order valence-corrected chi connectivity index (χ1v) is 8.73. The molecule has 24 heavy (non-hydrogen) atoms. The Morgan fingerprint density at radius 3 is 3.12 bits per heavy atom. The summed E-state index contributed by atoms with van der Waals surface area (Å²) in [6.45, 7) is 4.73. The van der Waals surface area contributed by atoms with Gasteiger partial charge in [-0.2, -0.15) is 9.61 Å². The van der Waals surface area contributed by atoms with Crippen LogP contribution >= 0.6 is 11.3 Å². The molecular weight excluding hydrogens is 326 g/mol. The second-order valence-corrected chi connectivity index (χ2v) is 7.07. The number of aryl methyl sites for hydroxylation is 2. The summed E-state index contributed by atoms with van der Waals surface area (Å²) in [6.07, 6.45) is 2.05. The fourth-order valence-electron chi connectivity index (χ4n) is 3.12. The highest BCUT2D eigenvalue weighted by molar-refractivity contribution is 7.16. The van der Waals surface area contributed by atoms with Crippen molar-refractivity contribution in [1.82, 2.24) is 24.1 Å². The van der Waals surface area contributed by atoms with Crippen LogP contribution in [0.2, 0.25) is 0 Å². The van der Waals surface area contributed by atoms with Gasteiger partial charge < -0.3 is 9.30 Å². The second kappa shape index (κ2) is 6.12. The lowest BCUT2D eigenvalue weighted by atomic mass is 10.1. The Labute approximate surface area is 143 Å². The van der Waals surface area contributed by atoms with Crippen molar-refractivity contribution >= 4 is 16.3 Å². The minimum Gasteiger partial charge on any atom is -0.378 e. The molecule has 1 fully saturated rings. The molecule has 0 unspecified atom stereocenters. The van der Waals surface area contributed by atoms with Crippen LogP contribution in [0.15, 0.2) is 29.2 Å². The van der Waals surface area contributed by atoms with Gasteiger partial charge in [0.05, 0.1) is 25.8 Å². The number of hydrogen-bond donors (Lipinski definition) is 0. The van der Waals surface area contributed by atoms with E-state index in [2.05, 4.69) is 25.6 Å². The molecule has 4 heterocycles. The largest absolute Gasteiger partial charge is 0.378 e. The van der Waals surface area contributed by atoms with E-state index in [1.165, 1.54) is 27.6 Å². The first kappa shape index (κ1) is 15.5. The third-order valence-electron chi connectivity index (χ3n) is 4.32. The molecule has 0 amide bonds. The number of morpholine rings is 1. The zero-order valence-corrected chi connectivity index (χ0v) is 14.5. The molecule has 0 N–H and O–H groups in total. The summed E-state index contributed by atoms with van der Waals surface area (Å²) in [7, 11) is 2.05. The molecule has 3 aromatic heterocycles. The standard InChI is InChI=1S/C16H19N5O2S/c1-11-8-15(22)21-16(17-11)24-14(18-21)9-20-6-7-23-10-13(20)12-4-3-5-19(12)2/h3-5,8,13H,6-7,9-10H2,1-2H3/t13-/m1/s1. The van der Waals surface area contributed by atoms with Crippen molar-refractivity contribution in [3.8, 4) is 0 Å². The third kappa shape index (κ3) is 2.77. The highest BCUT2D eigenvalue weighted by atomic mass is 32.1. The zero-order valence-electron chi connectivity index (χ0n) is 13.7. The highest BCUT2D eigenvalue weighted by Crippen LogP contribution is 2.27. The third-order valence-corrected chi connectivity index (χ3v) is 5.21. The number of hydrogen-bond acceptors (Lipinski definition) is 6. The van der Waals surface area contributed by atoms with Crippen LogP contribution in [0.3, 0.4) is 0 Å². The van der Waals surface area contributed by atoms with E-state index in [9.17, 15) is 4.79 Å². The average molecular weight is 345 g/mol. The fraction of sp³-hybridized carbons (Fsp3) is 0.438. The molecule has 8 heteroatoms. The van der Waals surface area contributed by atoms with Crippen LogP contribution in [0.4, 0.5) is 0 Å². The van der Waals surface area contributed by atoms with Gasteiger partial charge in [0.2, 0.25) is 4.96 Å². The number of fused-ring (bicyclic) bond motifs is 1. The number of nitrogens with zero attached hydrogens (tertiary/aromatic N) is 5. The number of aromatic nitrogens is 4. The Balaban J connectivity index is 1.64. The minimum absolute atomic E-state index is 0.124. The van der Waals surface area contributed by atoms with Crippen LogP contribution in [0.25, 0.3) is 4.96 Å². The second-order valence-electron chi connectivity index (χ2n) is 6.03. The topological polar surface area (TPSA) is 64.7 Å². The lowest BCUT2D eigenvalue weighted by Gasteiger charge is -2.35. The monoisotopic (exact) mass is 345 g/mol. The van der Waals surface area contributed by atoms with Gasteiger partial charge in [-0.1, -0.05) is 11.3 Å². The molecule has 0 aromatic carbocycles. The van der Waals surface area contributed by atoms with Crippen molar-refractivity contribution < 1.29 is 4.74 Å². The Morgan fingerprint density at radius 2 is 2.33 bits per heavy atom. The molecule has 1 saturated heterocycles. The molecule has 1 aliphatic rings. The smallest absolute Gasteiger partial charge is 0.275 e. The Morgan fingerprint density at radius 1 is 1.46 bits per heavy atom. The molecule has 0 radical (unpaired) electrons. The van der Waals surface area contributed by atoms with Crippen LogP contribution in [0.1, 0.15) is 22.4 Å². The molecule has 0 spiro atoms. The molecular formula is C16H19N5O2S. The van der Waals surface area contributed by atoms with Crippen molar-refractivity contribution in [2.75, 3.05) is 19.8 Å². The quantitative estimate of drug-likeness (QED) is 0.717. The molecule has 0 bridgehead atoms. The van der Waals surface area contributed by atoms with Crippen molar-refractivity contribution in [2.24, 2.45) is 7.05 Å². The van der Waals surface area contributed by atoms with Gasteiger partial charge in [-0.25, -0.2) is 4.98 Å². The van der Waals surface area contributed by atoms with Crippen molar-refractivity contribution in [3.63, 3.8) is 0 Å². The van der Waals surface area contributed by atoms with Crippen LogP contribution in [0.5, 0.6) is 0 Å². The SMILES string of the molecule is Cc1cc(=O)n2nc(CN3CCOC[C@@H]3c3cccn3C)sc2n1. The Hall–Kier alpha value is -2.03. The van der Waals surface area contributed by atoms with E-state index >= 15 is 0 Å². The van der Waals surface area contributed by atoms with Crippen LogP contribution in [-0.4, -0.2) is 43.8 Å². The van der Waals surface area contributed by atoms with E-state index in [0.29, 0.717) is 24.7 Å². The van der Waals surface area contributed by atoms with E-state index in [-0.39, 0.29) is 11.6 Å². The number of rotatable bonds is 3. The molecule has 4 rings (SSSR count). The van der Waals surface area contributed by atoms with Gasteiger partial charge in [-0.05, 0) is 19.1 Å². The lowest BCUT2D eigenvalue weighted by Crippen LogP contribution is -2.39. The van der Waals surface area contributed by atoms with Gasteiger partial charge in [-0.3, -0.25) is 9.69 Å². The molecule has 1 aliphatic heterocycles. The predicted molar refractivity (Wildman–Crippen MR) is 91.3 cm³/mol. The molecule has 0 saturated carbocycles. The molecule has 7 nitrogen and oxygen atoms in total. The lowest BCUT2D eigenvalue weighted by molar-refractivity contribution is -0.0153. The van der Waals surface area contributed by atoms with Crippen molar-refractivity contribution in [3.05, 3.63) is 51.1 Å². The summed E-state index contributed by atoms with van der Waals surface area (Å²) in [6, 6.07) is 5.88. The normalized spacial score (nSPS) is 19.2. The molecule has 3 aromatic rings. The first-order valence-electron chi connectivity index (χ1n) is 7.91. The maximum atomic E-state index is 12.0. The van der Waals surface area contributed by atoms with E-state index < -0.39 is 0 Å². The van der Waals surface area contributed by atoms with E-state index in [4.69, 9.17) is 4.74 Å². The maximum Gasteiger partial charge on any atom is 0.275 e. The summed E-state index contributed by atoms with van der Waals surface area (Å²) < 4.78 is 9.20. The summed E-state index contributed by atoms with van der Waals surface area (Å²) in [5.41, 5.74) is 1.83. The van der Waals surface area contributed by atoms with E-state index in [0.717, 1.165) is 17.2 Å². The summed E-state index contributed by atoms with van der Waals surface area (Å²) >= 11 is 1.47. The van der Waals surface area contributed by atoms with Crippen LogP contribution in [0, 0.1) is 6.92 Å². The van der Waals surface area contributed by atoms with E-state index in [1.54, 1.807) is 0 Å². The fourth-order valence-corrected chi connectivity index (χ4v) is 4.09. The molecule has 126 valence electrons. The van der Waals surface area contributed by atoms with Crippen molar-refractivity contribution in [2.45, 2.75) is 19.5 Å². The minimum atomic E-state index is -0.124. The van der Waals surface area contributed by atoms with Gasteiger partial charge in [0.1, 0.15) is 5.01 Å². The maximum absolute atomic E-state index is 12.0.